The number of benzene rings is 1. The topological polar surface area (TPSA) is 61.7 Å². The average molecular weight is 220 g/mol. The number of carbonyl (C=O) groups is 1. The minimum atomic E-state index is -0.321. The van der Waals surface area contributed by atoms with Gasteiger partial charge in [0.2, 0.25) is 0 Å². The fourth-order valence-electron chi connectivity index (χ4n) is 1.99. The highest BCUT2D eigenvalue weighted by molar-refractivity contribution is 7.98. The summed E-state index contributed by atoms with van der Waals surface area (Å²) in [6.45, 7) is 0. The van der Waals surface area contributed by atoms with Crippen molar-refractivity contribution in [1.82, 2.24) is 0 Å². The Balaban J connectivity index is 2.25. The summed E-state index contributed by atoms with van der Waals surface area (Å²) in [5.74, 6) is 1.58. The predicted molar refractivity (Wildman–Crippen MR) is 58.4 cm³/mol. The summed E-state index contributed by atoms with van der Waals surface area (Å²) < 4.78 is 0. The van der Waals surface area contributed by atoms with Gasteiger partial charge in [0.05, 0.1) is 5.69 Å². The lowest BCUT2D eigenvalue weighted by Crippen LogP contribution is -2.14. The van der Waals surface area contributed by atoms with E-state index in [1.807, 2.05) is 23.9 Å². The molecular formula is C10H8N2O2S. The summed E-state index contributed by atoms with van der Waals surface area (Å²) in [7, 11) is 0. The Morgan fingerprint density at radius 1 is 1.40 bits per heavy atom. The molecule has 2 aliphatic heterocycles. The summed E-state index contributed by atoms with van der Waals surface area (Å²) in [5, 5.41) is 14.5. The van der Waals surface area contributed by atoms with Crippen LogP contribution >= 0.6 is 11.8 Å². The van der Waals surface area contributed by atoms with Crippen molar-refractivity contribution in [3.63, 3.8) is 0 Å². The summed E-state index contributed by atoms with van der Waals surface area (Å²) in [6.07, 6.45) is 0. The average Bonchev–Trinajstić information content (AvgIpc) is 2.79. The fraction of sp³-hybridized carbons (Fsp3) is 0.200. The third-order valence-corrected chi connectivity index (χ3v) is 3.73. The molecular weight excluding hydrogens is 212 g/mol. The fourth-order valence-corrected chi connectivity index (χ4v) is 3.11. The van der Waals surface area contributed by atoms with Gasteiger partial charge in [-0.2, -0.15) is 11.8 Å². The molecule has 0 radical (unpaired) electrons. The Labute approximate surface area is 90.4 Å². The lowest BCUT2D eigenvalue weighted by atomic mass is 10.0. The van der Waals surface area contributed by atoms with E-state index in [4.69, 9.17) is 5.21 Å². The first kappa shape index (κ1) is 8.79. The zero-order valence-corrected chi connectivity index (χ0v) is 8.60. The SMILES string of the molecule is O=C1Nc2c(ccc3c2CSC3)/C1=N/O. The minimum absolute atomic E-state index is 0.115. The summed E-state index contributed by atoms with van der Waals surface area (Å²) in [6, 6.07) is 3.84. The lowest BCUT2D eigenvalue weighted by molar-refractivity contribution is -0.110. The van der Waals surface area contributed by atoms with E-state index in [-0.39, 0.29) is 11.6 Å². The largest absolute Gasteiger partial charge is 0.410 e. The zero-order valence-electron chi connectivity index (χ0n) is 7.78. The van der Waals surface area contributed by atoms with Crippen molar-refractivity contribution in [2.24, 2.45) is 5.16 Å². The maximum Gasteiger partial charge on any atom is 0.278 e. The molecule has 4 nitrogen and oxygen atoms in total. The second-order valence-corrected chi connectivity index (χ2v) is 4.51. The molecule has 0 fully saturated rings. The summed E-state index contributed by atoms with van der Waals surface area (Å²) >= 11 is 1.83. The van der Waals surface area contributed by atoms with E-state index in [1.165, 1.54) is 11.1 Å². The van der Waals surface area contributed by atoms with Crippen LogP contribution in [-0.2, 0) is 16.3 Å². The van der Waals surface area contributed by atoms with Crippen molar-refractivity contribution in [3.8, 4) is 0 Å². The summed E-state index contributed by atoms with van der Waals surface area (Å²) in [5.41, 5.74) is 4.09. The van der Waals surface area contributed by atoms with Crippen LogP contribution in [0.2, 0.25) is 0 Å². The predicted octanol–water partition coefficient (Wildman–Crippen LogP) is 1.56. The number of hydrogen-bond donors (Lipinski definition) is 2. The number of nitrogens with zero attached hydrogens (tertiary/aromatic N) is 1. The third-order valence-electron chi connectivity index (χ3n) is 2.72. The van der Waals surface area contributed by atoms with Crippen LogP contribution in [0.1, 0.15) is 16.7 Å². The molecule has 0 unspecified atom stereocenters. The first-order valence-electron chi connectivity index (χ1n) is 4.57. The standard InChI is InChI=1S/C10H8N2O2S/c13-10-9(12-14)6-2-1-5-3-15-4-7(5)8(6)11-10/h1-2,14H,3-4H2,(H,11,12,13). The number of carbonyl (C=O) groups excluding carboxylic acids is 1. The van der Waals surface area contributed by atoms with Crippen molar-refractivity contribution in [2.75, 3.05) is 5.32 Å². The second-order valence-electron chi connectivity index (χ2n) is 3.52. The Morgan fingerprint density at radius 2 is 2.27 bits per heavy atom. The lowest BCUT2D eigenvalue weighted by Gasteiger charge is -2.04. The number of amides is 1. The van der Waals surface area contributed by atoms with Gasteiger partial charge in [0.15, 0.2) is 5.71 Å². The quantitative estimate of drug-likeness (QED) is 0.515. The van der Waals surface area contributed by atoms with Crippen LogP contribution in [0.25, 0.3) is 0 Å². The normalized spacial score (nSPS) is 20.3. The van der Waals surface area contributed by atoms with Crippen molar-refractivity contribution >= 4 is 29.1 Å². The van der Waals surface area contributed by atoms with Crippen molar-refractivity contribution in [3.05, 3.63) is 28.8 Å². The number of thioether (sulfide) groups is 1. The van der Waals surface area contributed by atoms with Gasteiger partial charge in [-0.25, -0.2) is 0 Å². The van der Waals surface area contributed by atoms with Crippen molar-refractivity contribution in [1.29, 1.82) is 0 Å². The molecule has 1 aromatic rings. The molecule has 2 aliphatic rings. The molecule has 0 saturated carbocycles. The minimum Gasteiger partial charge on any atom is -0.410 e. The first-order valence-corrected chi connectivity index (χ1v) is 5.73. The zero-order chi connectivity index (χ0) is 10.4. The number of anilines is 1. The van der Waals surface area contributed by atoms with Crippen LogP contribution in [0, 0.1) is 0 Å². The van der Waals surface area contributed by atoms with Crippen LogP contribution in [0.3, 0.4) is 0 Å². The monoisotopic (exact) mass is 220 g/mol. The molecule has 2 heterocycles. The number of hydrogen-bond acceptors (Lipinski definition) is 4. The van der Waals surface area contributed by atoms with E-state index in [0.717, 1.165) is 17.2 Å². The van der Waals surface area contributed by atoms with Gasteiger partial charge in [-0.3, -0.25) is 4.79 Å². The second kappa shape index (κ2) is 3.00. The molecule has 3 rings (SSSR count). The Hall–Kier alpha value is -1.49. The molecule has 0 atom stereocenters. The van der Waals surface area contributed by atoms with E-state index < -0.39 is 0 Å². The number of nitrogens with one attached hydrogen (secondary N) is 1. The Bertz CT molecular complexity index is 496. The maximum atomic E-state index is 11.5. The highest BCUT2D eigenvalue weighted by Gasteiger charge is 2.31. The van der Waals surface area contributed by atoms with Gasteiger partial charge in [0, 0.05) is 17.1 Å². The van der Waals surface area contributed by atoms with Gasteiger partial charge in [0.25, 0.3) is 5.91 Å². The molecule has 1 amide bonds. The molecule has 0 aromatic heterocycles. The highest BCUT2D eigenvalue weighted by Crippen LogP contribution is 2.39. The molecule has 0 saturated heterocycles. The van der Waals surface area contributed by atoms with E-state index in [2.05, 4.69) is 10.5 Å². The molecule has 76 valence electrons. The van der Waals surface area contributed by atoms with Gasteiger partial charge in [-0.15, -0.1) is 0 Å². The molecule has 0 spiro atoms. The molecule has 0 aliphatic carbocycles. The Kier molecular flexibility index (Phi) is 1.76. The Morgan fingerprint density at radius 3 is 3.07 bits per heavy atom. The molecule has 1 aromatic carbocycles. The van der Waals surface area contributed by atoms with Crippen LogP contribution in [-0.4, -0.2) is 16.8 Å². The van der Waals surface area contributed by atoms with Crippen LogP contribution in [0.4, 0.5) is 5.69 Å². The smallest absolute Gasteiger partial charge is 0.278 e. The third kappa shape index (κ3) is 1.10. The van der Waals surface area contributed by atoms with Crippen LogP contribution in [0.15, 0.2) is 17.3 Å². The molecule has 15 heavy (non-hydrogen) atoms. The van der Waals surface area contributed by atoms with Crippen LogP contribution in [0.5, 0.6) is 0 Å². The van der Waals surface area contributed by atoms with Gasteiger partial charge < -0.3 is 10.5 Å². The van der Waals surface area contributed by atoms with Crippen molar-refractivity contribution < 1.29 is 10.0 Å². The van der Waals surface area contributed by atoms with Gasteiger partial charge in [-0.05, 0) is 11.1 Å². The highest BCUT2D eigenvalue weighted by atomic mass is 32.2. The van der Waals surface area contributed by atoms with Gasteiger partial charge >= 0.3 is 0 Å². The van der Waals surface area contributed by atoms with E-state index in [9.17, 15) is 4.79 Å². The summed E-state index contributed by atoms with van der Waals surface area (Å²) in [4.78, 5) is 11.5. The number of oxime groups is 1. The van der Waals surface area contributed by atoms with Gasteiger partial charge in [0.1, 0.15) is 0 Å². The van der Waals surface area contributed by atoms with E-state index in [1.54, 1.807) is 0 Å². The number of fused-ring (bicyclic) bond motifs is 3. The molecule has 0 bridgehead atoms. The van der Waals surface area contributed by atoms with Crippen molar-refractivity contribution in [2.45, 2.75) is 11.5 Å². The maximum absolute atomic E-state index is 11.5. The number of rotatable bonds is 0. The molecule has 5 heteroatoms. The van der Waals surface area contributed by atoms with E-state index in [0.29, 0.717) is 5.56 Å². The first-order chi connectivity index (χ1) is 7.31. The van der Waals surface area contributed by atoms with Crippen LogP contribution < -0.4 is 5.32 Å². The van der Waals surface area contributed by atoms with E-state index >= 15 is 0 Å². The molecule has 2 N–H and O–H groups in total. The van der Waals surface area contributed by atoms with Gasteiger partial charge in [-0.1, -0.05) is 17.3 Å².